The van der Waals surface area contributed by atoms with Crippen LogP contribution in [0, 0.1) is 0 Å². The van der Waals surface area contributed by atoms with E-state index in [0.717, 1.165) is 5.56 Å². The summed E-state index contributed by atoms with van der Waals surface area (Å²) >= 11 is 0. The molecular formula is C10H11N5O. The number of nitrogen functional groups attached to an aromatic ring is 1. The summed E-state index contributed by atoms with van der Waals surface area (Å²) in [6.07, 6.45) is 3.15. The molecule has 6 nitrogen and oxygen atoms in total. The predicted octanol–water partition coefficient (Wildman–Crippen LogP) is 0.317. The number of anilines is 1. The SMILES string of the molecule is Nc1[nH]ncc1CNC(=O)c1ccccn1. The van der Waals surface area contributed by atoms with Gasteiger partial charge in [0.2, 0.25) is 0 Å². The molecule has 0 fully saturated rings. The van der Waals surface area contributed by atoms with Gasteiger partial charge in [-0.25, -0.2) is 0 Å². The summed E-state index contributed by atoms with van der Waals surface area (Å²) in [6.45, 7) is 0.331. The molecule has 0 saturated carbocycles. The minimum Gasteiger partial charge on any atom is -0.384 e. The Labute approximate surface area is 91.9 Å². The van der Waals surface area contributed by atoms with E-state index in [0.29, 0.717) is 18.1 Å². The molecule has 0 aliphatic rings. The Morgan fingerprint density at radius 3 is 3.00 bits per heavy atom. The molecule has 1 amide bonds. The molecule has 2 heterocycles. The summed E-state index contributed by atoms with van der Waals surface area (Å²) in [5.41, 5.74) is 6.71. The van der Waals surface area contributed by atoms with Gasteiger partial charge < -0.3 is 11.1 Å². The highest BCUT2D eigenvalue weighted by Crippen LogP contribution is 2.05. The highest BCUT2D eigenvalue weighted by Gasteiger charge is 2.07. The minimum absolute atomic E-state index is 0.235. The molecule has 2 aromatic rings. The summed E-state index contributed by atoms with van der Waals surface area (Å²) in [6, 6.07) is 5.16. The number of nitrogens with two attached hydrogens (primary N) is 1. The van der Waals surface area contributed by atoms with Gasteiger partial charge in [0.25, 0.3) is 5.91 Å². The Kier molecular flexibility index (Phi) is 2.81. The normalized spacial score (nSPS) is 10.0. The molecule has 0 atom stereocenters. The average molecular weight is 217 g/mol. The van der Waals surface area contributed by atoms with Crippen LogP contribution in [0.2, 0.25) is 0 Å². The second-order valence-electron chi connectivity index (χ2n) is 3.21. The molecule has 2 rings (SSSR count). The maximum absolute atomic E-state index is 11.6. The molecule has 0 saturated heterocycles. The number of pyridine rings is 1. The smallest absolute Gasteiger partial charge is 0.270 e. The summed E-state index contributed by atoms with van der Waals surface area (Å²) in [7, 11) is 0. The zero-order chi connectivity index (χ0) is 11.4. The number of aromatic nitrogens is 3. The monoisotopic (exact) mass is 217 g/mol. The predicted molar refractivity (Wildman–Crippen MR) is 58.4 cm³/mol. The van der Waals surface area contributed by atoms with E-state index in [4.69, 9.17) is 5.73 Å². The van der Waals surface area contributed by atoms with E-state index in [1.165, 1.54) is 0 Å². The maximum atomic E-state index is 11.6. The van der Waals surface area contributed by atoms with Crippen LogP contribution in [0.25, 0.3) is 0 Å². The van der Waals surface area contributed by atoms with Gasteiger partial charge in [0.15, 0.2) is 0 Å². The van der Waals surface area contributed by atoms with E-state index in [1.54, 1.807) is 30.6 Å². The Morgan fingerprint density at radius 1 is 1.50 bits per heavy atom. The molecule has 2 aromatic heterocycles. The Bertz CT molecular complexity index is 479. The number of nitrogens with one attached hydrogen (secondary N) is 2. The number of nitrogens with zero attached hydrogens (tertiary/aromatic N) is 2. The molecule has 0 spiro atoms. The molecule has 0 bridgehead atoms. The van der Waals surface area contributed by atoms with Crippen molar-refractivity contribution in [1.82, 2.24) is 20.5 Å². The molecule has 0 aliphatic heterocycles. The van der Waals surface area contributed by atoms with Crippen molar-refractivity contribution < 1.29 is 4.79 Å². The van der Waals surface area contributed by atoms with Gasteiger partial charge >= 0.3 is 0 Å². The first-order valence-corrected chi connectivity index (χ1v) is 4.74. The van der Waals surface area contributed by atoms with E-state index in [1.807, 2.05) is 0 Å². The van der Waals surface area contributed by atoms with Gasteiger partial charge in [-0.2, -0.15) is 5.10 Å². The molecule has 16 heavy (non-hydrogen) atoms. The van der Waals surface area contributed by atoms with Gasteiger partial charge in [0, 0.05) is 18.3 Å². The van der Waals surface area contributed by atoms with Crippen LogP contribution < -0.4 is 11.1 Å². The summed E-state index contributed by atoms with van der Waals surface area (Å²) in [5, 5.41) is 9.05. The summed E-state index contributed by atoms with van der Waals surface area (Å²) < 4.78 is 0. The van der Waals surface area contributed by atoms with Crippen molar-refractivity contribution in [1.29, 1.82) is 0 Å². The van der Waals surface area contributed by atoms with Crippen LogP contribution in [0.5, 0.6) is 0 Å². The van der Waals surface area contributed by atoms with E-state index >= 15 is 0 Å². The number of carbonyl (C=O) groups excluding carboxylic acids is 1. The lowest BCUT2D eigenvalue weighted by molar-refractivity contribution is 0.0946. The lowest BCUT2D eigenvalue weighted by Gasteiger charge is -2.02. The van der Waals surface area contributed by atoms with Gasteiger partial charge in [-0.05, 0) is 12.1 Å². The van der Waals surface area contributed by atoms with Crippen molar-refractivity contribution in [2.75, 3.05) is 5.73 Å². The second-order valence-corrected chi connectivity index (χ2v) is 3.21. The highest BCUT2D eigenvalue weighted by atomic mass is 16.1. The zero-order valence-corrected chi connectivity index (χ0v) is 8.47. The number of rotatable bonds is 3. The average Bonchev–Trinajstić information content (AvgIpc) is 2.73. The largest absolute Gasteiger partial charge is 0.384 e. The molecule has 82 valence electrons. The lowest BCUT2D eigenvalue weighted by atomic mass is 10.3. The van der Waals surface area contributed by atoms with E-state index in [-0.39, 0.29) is 5.91 Å². The van der Waals surface area contributed by atoms with E-state index in [9.17, 15) is 4.79 Å². The summed E-state index contributed by atoms with van der Waals surface area (Å²) in [5.74, 6) is 0.225. The van der Waals surface area contributed by atoms with Gasteiger partial charge in [-0.1, -0.05) is 6.07 Å². The van der Waals surface area contributed by atoms with Gasteiger partial charge in [-0.15, -0.1) is 0 Å². The topological polar surface area (TPSA) is 96.7 Å². The van der Waals surface area contributed by atoms with Crippen LogP contribution >= 0.6 is 0 Å². The van der Waals surface area contributed by atoms with Crippen LogP contribution in [-0.4, -0.2) is 21.1 Å². The zero-order valence-electron chi connectivity index (χ0n) is 8.47. The van der Waals surface area contributed by atoms with Gasteiger partial charge in [0.05, 0.1) is 6.20 Å². The third-order valence-electron chi connectivity index (χ3n) is 2.09. The van der Waals surface area contributed by atoms with Crippen LogP contribution in [0.3, 0.4) is 0 Å². The first-order valence-electron chi connectivity index (χ1n) is 4.74. The van der Waals surface area contributed by atoms with Gasteiger partial charge in [-0.3, -0.25) is 14.9 Å². The molecule has 0 aliphatic carbocycles. The molecule has 6 heteroatoms. The number of hydrogen-bond acceptors (Lipinski definition) is 4. The van der Waals surface area contributed by atoms with Crippen LogP contribution in [0.15, 0.2) is 30.6 Å². The fraction of sp³-hybridized carbons (Fsp3) is 0.100. The van der Waals surface area contributed by atoms with Crippen molar-refractivity contribution in [3.63, 3.8) is 0 Å². The number of amides is 1. The second kappa shape index (κ2) is 4.43. The minimum atomic E-state index is -0.235. The van der Waals surface area contributed by atoms with Crippen LogP contribution in [-0.2, 0) is 6.54 Å². The van der Waals surface area contributed by atoms with E-state index < -0.39 is 0 Å². The molecular weight excluding hydrogens is 206 g/mol. The Morgan fingerprint density at radius 2 is 2.38 bits per heavy atom. The molecule has 0 radical (unpaired) electrons. The van der Waals surface area contributed by atoms with Crippen molar-refractivity contribution in [3.8, 4) is 0 Å². The van der Waals surface area contributed by atoms with Gasteiger partial charge in [0.1, 0.15) is 11.5 Å². The molecule has 0 unspecified atom stereocenters. The summed E-state index contributed by atoms with van der Waals surface area (Å²) in [4.78, 5) is 15.5. The number of aromatic amines is 1. The standard InChI is InChI=1S/C10H11N5O/c11-9-7(6-14-15-9)5-13-10(16)8-3-1-2-4-12-8/h1-4,6H,5H2,(H,13,16)(H3,11,14,15). The third-order valence-corrected chi connectivity index (χ3v) is 2.09. The van der Waals surface area contributed by atoms with Crippen molar-refractivity contribution in [2.45, 2.75) is 6.54 Å². The quantitative estimate of drug-likeness (QED) is 0.689. The lowest BCUT2D eigenvalue weighted by Crippen LogP contribution is -2.23. The number of carbonyl (C=O) groups is 1. The molecule has 4 N–H and O–H groups in total. The fourth-order valence-corrected chi connectivity index (χ4v) is 1.23. The fourth-order valence-electron chi connectivity index (χ4n) is 1.23. The number of H-pyrrole nitrogens is 1. The highest BCUT2D eigenvalue weighted by molar-refractivity contribution is 5.92. The Hall–Kier alpha value is -2.37. The maximum Gasteiger partial charge on any atom is 0.270 e. The first kappa shape index (κ1) is 10.2. The Balaban J connectivity index is 1.97. The number of hydrogen-bond donors (Lipinski definition) is 3. The van der Waals surface area contributed by atoms with Crippen molar-refractivity contribution in [3.05, 3.63) is 41.9 Å². The van der Waals surface area contributed by atoms with Crippen molar-refractivity contribution >= 4 is 11.7 Å². The third kappa shape index (κ3) is 2.17. The van der Waals surface area contributed by atoms with E-state index in [2.05, 4.69) is 20.5 Å². The van der Waals surface area contributed by atoms with Crippen LogP contribution in [0.1, 0.15) is 16.1 Å². The van der Waals surface area contributed by atoms with Crippen LogP contribution in [0.4, 0.5) is 5.82 Å². The first-order chi connectivity index (χ1) is 7.77. The molecule has 0 aromatic carbocycles. The van der Waals surface area contributed by atoms with Crippen molar-refractivity contribution in [2.24, 2.45) is 0 Å².